The van der Waals surface area contributed by atoms with Gasteiger partial charge in [0.2, 0.25) is 11.8 Å². The summed E-state index contributed by atoms with van der Waals surface area (Å²) in [5.41, 5.74) is -0.264. The van der Waals surface area contributed by atoms with Crippen molar-refractivity contribution >= 4 is 17.9 Å². The van der Waals surface area contributed by atoms with Gasteiger partial charge in [-0.15, -0.1) is 0 Å². The van der Waals surface area contributed by atoms with E-state index in [0.717, 1.165) is 0 Å². The molecule has 24 heavy (non-hydrogen) atoms. The van der Waals surface area contributed by atoms with E-state index in [2.05, 4.69) is 6.58 Å². The van der Waals surface area contributed by atoms with Crippen LogP contribution >= 0.6 is 0 Å². The van der Waals surface area contributed by atoms with Crippen molar-refractivity contribution in [2.45, 2.75) is 32.7 Å². The van der Waals surface area contributed by atoms with E-state index in [0.29, 0.717) is 32.7 Å². The Kier molecular flexibility index (Phi) is 5.51. The Hall–Kier alpha value is -2.05. The zero-order chi connectivity index (χ0) is 17.9. The van der Waals surface area contributed by atoms with Crippen molar-refractivity contribution < 1.29 is 19.1 Å². The Labute approximate surface area is 143 Å². The molecule has 2 fully saturated rings. The van der Waals surface area contributed by atoms with Gasteiger partial charge in [0.1, 0.15) is 6.61 Å². The second-order valence-corrected chi connectivity index (χ2v) is 7.25. The lowest BCUT2D eigenvalue weighted by Gasteiger charge is -2.36. The molecule has 7 heteroatoms. The first kappa shape index (κ1) is 18.3. The average molecular weight is 337 g/mol. The second-order valence-electron chi connectivity index (χ2n) is 7.25. The maximum atomic E-state index is 12.7. The molecule has 0 aliphatic carbocycles. The minimum atomic E-state index is -0.378. The van der Waals surface area contributed by atoms with Gasteiger partial charge in [-0.1, -0.05) is 12.7 Å². The summed E-state index contributed by atoms with van der Waals surface area (Å²) in [6.07, 6.45) is 1.42. The fourth-order valence-electron chi connectivity index (χ4n) is 3.11. The Morgan fingerprint density at radius 3 is 2.29 bits per heavy atom. The summed E-state index contributed by atoms with van der Waals surface area (Å²) in [5.74, 6) is -0.238. The lowest BCUT2D eigenvalue weighted by Crippen LogP contribution is -2.52. The minimum Gasteiger partial charge on any atom is -0.445 e. The zero-order valence-electron chi connectivity index (χ0n) is 14.8. The molecule has 0 N–H and O–H groups in total. The first-order chi connectivity index (χ1) is 11.2. The maximum absolute atomic E-state index is 12.7. The lowest BCUT2D eigenvalue weighted by molar-refractivity contribution is -0.137. The van der Waals surface area contributed by atoms with Gasteiger partial charge in [-0.2, -0.15) is 0 Å². The van der Waals surface area contributed by atoms with Crippen molar-refractivity contribution in [2.75, 3.05) is 39.3 Å². The van der Waals surface area contributed by atoms with Crippen LogP contribution in [-0.2, 0) is 14.3 Å². The van der Waals surface area contributed by atoms with Crippen molar-refractivity contribution in [3.63, 3.8) is 0 Å². The van der Waals surface area contributed by atoms with E-state index in [1.807, 2.05) is 20.8 Å². The van der Waals surface area contributed by atoms with Crippen molar-refractivity contribution in [2.24, 2.45) is 5.92 Å². The first-order valence-electron chi connectivity index (χ1n) is 8.36. The molecule has 1 atom stereocenters. The van der Waals surface area contributed by atoms with Gasteiger partial charge in [0.15, 0.2) is 0 Å². The molecule has 0 saturated carbocycles. The summed E-state index contributed by atoms with van der Waals surface area (Å²) < 4.78 is 5.01. The highest BCUT2D eigenvalue weighted by atomic mass is 16.6. The summed E-state index contributed by atoms with van der Waals surface area (Å²) in [5, 5.41) is 0. The number of hydrogen-bond acceptors (Lipinski definition) is 4. The van der Waals surface area contributed by atoms with Crippen LogP contribution in [0.4, 0.5) is 4.79 Å². The highest BCUT2D eigenvalue weighted by molar-refractivity contribution is 5.89. The van der Waals surface area contributed by atoms with Crippen LogP contribution in [0.3, 0.4) is 0 Å². The van der Waals surface area contributed by atoms with E-state index in [1.165, 1.54) is 6.08 Å². The number of likely N-dealkylation sites (tertiary alicyclic amines) is 1. The van der Waals surface area contributed by atoms with Crippen LogP contribution in [-0.4, -0.2) is 77.5 Å². The van der Waals surface area contributed by atoms with Crippen LogP contribution in [0.2, 0.25) is 0 Å². The number of nitrogens with zero attached hydrogens (tertiary/aromatic N) is 3. The summed E-state index contributed by atoms with van der Waals surface area (Å²) in [6.45, 7) is 11.9. The fourth-order valence-corrected chi connectivity index (χ4v) is 3.11. The number of rotatable bonds is 3. The van der Waals surface area contributed by atoms with Crippen molar-refractivity contribution in [3.8, 4) is 0 Å². The topological polar surface area (TPSA) is 70.2 Å². The van der Waals surface area contributed by atoms with Gasteiger partial charge in [0.25, 0.3) is 0 Å². The Morgan fingerprint density at radius 1 is 1.21 bits per heavy atom. The quantitative estimate of drug-likeness (QED) is 0.723. The first-order valence-corrected chi connectivity index (χ1v) is 8.36. The van der Waals surface area contributed by atoms with Crippen LogP contribution < -0.4 is 0 Å². The number of amides is 3. The molecule has 2 saturated heterocycles. The number of hydrogen-bond donors (Lipinski definition) is 0. The van der Waals surface area contributed by atoms with Crippen LogP contribution in [0.5, 0.6) is 0 Å². The van der Waals surface area contributed by atoms with E-state index < -0.39 is 0 Å². The van der Waals surface area contributed by atoms with Crippen molar-refractivity contribution in [3.05, 3.63) is 12.7 Å². The fraction of sp³-hybridized carbons (Fsp3) is 0.706. The number of piperazine rings is 1. The van der Waals surface area contributed by atoms with E-state index in [1.54, 1.807) is 14.7 Å². The molecule has 1 unspecified atom stereocenters. The van der Waals surface area contributed by atoms with Gasteiger partial charge >= 0.3 is 6.09 Å². The molecule has 0 aromatic rings. The van der Waals surface area contributed by atoms with Gasteiger partial charge < -0.3 is 19.4 Å². The summed E-state index contributed by atoms with van der Waals surface area (Å²) >= 11 is 0. The van der Waals surface area contributed by atoms with E-state index in [4.69, 9.17) is 4.74 Å². The van der Waals surface area contributed by atoms with Gasteiger partial charge in [0.05, 0.1) is 5.92 Å². The van der Waals surface area contributed by atoms with Gasteiger partial charge in [0, 0.05) is 44.7 Å². The predicted octanol–water partition coefficient (Wildman–Crippen LogP) is 1.10. The second kappa shape index (κ2) is 7.23. The molecular formula is C17H27N3O4. The Morgan fingerprint density at radius 2 is 1.79 bits per heavy atom. The zero-order valence-corrected chi connectivity index (χ0v) is 14.8. The lowest BCUT2D eigenvalue weighted by atomic mass is 10.1. The standard InChI is InChI=1S/C17H27N3O4/c1-5-10-24-16(23)19-8-6-18(7-9-19)15(22)13-11-14(21)20(12-13)17(2,3)4/h5,13H,1,6-12H2,2-4H3. The Balaban J connectivity index is 1.86. The number of ether oxygens (including phenoxy) is 1. The molecule has 2 aliphatic heterocycles. The molecule has 2 rings (SSSR count). The highest BCUT2D eigenvalue weighted by Gasteiger charge is 2.41. The van der Waals surface area contributed by atoms with Gasteiger partial charge in [-0.05, 0) is 20.8 Å². The van der Waals surface area contributed by atoms with Crippen LogP contribution in [0, 0.1) is 5.92 Å². The largest absolute Gasteiger partial charge is 0.445 e. The third kappa shape index (κ3) is 4.07. The van der Waals surface area contributed by atoms with Gasteiger partial charge in [-0.3, -0.25) is 9.59 Å². The third-order valence-corrected chi connectivity index (χ3v) is 4.46. The Bertz CT molecular complexity index is 518. The number of carbonyl (C=O) groups excluding carboxylic acids is 3. The van der Waals surface area contributed by atoms with Crippen LogP contribution in [0.25, 0.3) is 0 Å². The summed E-state index contributed by atoms with van der Waals surface area (Å²) in [6, 6.07) is 0. The minimum absolute atomic E-state index is 0.00853. The summed E-state index contributed by atoms with van der Waals surface area (Å²) in [7, 11) is 0. The molecule has 0 aromatic heterocycles. The molecular weight excluding hydrogens is 310 g/mol. The smallest absolute Gasteiger partial charge is 0.410 e. The highest BCUT2D eigenvalue weighted by Crippen LogP contribution is 2.27. The molecule has 0 radical (unpaired) electrons. The van der Waals surface area contributed by atoms with Crippen LogP contribution in [0.1, 0.15) is 27.2 Å². The molecule has 0 bridgehead atoms. The molecule has 134 valence electrons. The van der Waals surface area contributed by atoms with Gasteiger partial charge in [-0.25, -0.2) is 4.79 Å². The van der Waals surface area contributed by atoms with E-state index >= 15 is 0 Å². The summed E-state index contributed by atoms with van der Waals surface area (Å²) in [4.78, 5) is 41.7. The molecule has 3 amide bonds. The molecule has 0 aromatic carbocycles. The van der Waals surface area contributed by atoms with E-state index in [9.17, 15) is 14.4 Å². The normalized spacial score (nSPS) is 21.9. The molecule has 2 aliphatic rings. The number of carbonyl (C=O) groups is 3. The molecule has 2 heterocycles. The molecule has 7 nitrogen and oxygen atoms in total. The predicted molar refractivity (Wildman–Crippen MR) is 89.3 cm³/mol. The van der Waals surface area contributed by atoms with E-state index in [-0.39, 0.29) is 42.4 Å². The van der Waals surface area contributed by atoms with Crippen molar-refractivity contribution in [1.82, 2.24) is 14.7 Å². The average Bonchev–Trinajstić information content (AvgIpc) is 2.94. The maximum Gasteiger partial charge on any atom is 0.410 e. The third-order valence-electron chi connectivity index (χ3n) is 4.46. The van der Waals surface area contributed by atoms with Crippen LogP contribution in [0.15, 0.2) is 12.7 Å². The SMILES string of the molecule is C=CCOC(=O)N1CCN(C(=O)C2CC(=O)N(C(C)(C)C)C2)CC1. The molecule has 0 spiro atoms. The monoisotopic (exact) mass is 337 g/mol. The van der Waals surface area contributed by atoms with Crippen molar-refractivity contribution in [1.29, 1.82) is 0 Å².